The van der Waals surface area contributed by atoms with Crippen molar-refractivity contribution in [3.8, 4) is 10.6 Å². The summed E-state index contributed by atoms with van der Waals surface area (Å²) < 4.78 is 0. The molecular formula is C19H26N4O2S. The van der Waals surface area contributed by atoms with Crippen molar-refractivity contribution in [2.75, 3.05) is 53.2 Å². The minimum absolute atomic E-state index is 0.0448. The van der Waals surface area contributed by atoms with Gasteiger partial charge in [-0.3, -0.25) is 9.59 Å². The maximum atomic E-state index is 12.8. The van der Waals surface area contributed by atoms with E-state index in [-0.39, 0.29) is 11.7 Å². The van der Waals surface area contributed by atoms with Crippen molar-refractivity contribution in [3.05, 3.63) is 34.7 Å². The van der Waals surface area contributed by atoms with Gasteiger partial charge in [-0.2, -0.15) is 0 Å². The molecule has 0 aliphatic rings. The van der Waals surface area contributed by atoms with E-state index in [2.05, 4.69) is 4.98 Å². The number of likely N-dealkylation sites (N-methyl/N-ethyl adjacent to an activating group) is 2. The number of rotatable bonds is 7. The van der Waals surface area contributed by atoms with Crippen LogP contribution in [0.15, 0.2) is 24.3 Å². The Labute approximate surface area is 159 Å². The van der Waals surface area contributed by atoms with E-state index in [9.17, 15) is 9.59 Å². The monoisotopic (exact) mass is 374 g/mol. The van der Waals surface area contributed by atoms with Crippen LogP contribution in [-0.4, -0.2) is 74.8 Å². The van der Waals surface area contributed by atoms with Gasteiger partial charge in [0.1, 0.15) is 5.82 Å². The van der Waals surface area contributed by atoms with Crippen LogP contribution in [0.4, 0.5) is 5.82 Å². The third-order valence-corrected chi connectivity index (χ3v) is 5.17. The topological polar surface area (TPSA) is 56.8 Å². The summed E-state index contributed by atoms with van der Waals surface area (Å²) >= 11 is 1.41. The molecule has 0 aromatic carbocycles. The standard InChI is InChI=1S/C19H26N4O2S/c1-13(24)16-9-10-17(26-16)15-8-7-14(18(20-15)22(4)5)19(25)23(6)12-11-21(2)3/h7-10H,11-12H2,1-6H3. The SMILES string of the molecule is CC(=O)c1ccc(-c2ccc(C(=O)N(C)CCN(C)C)c(N(C)C)n2)s1. The van der Waals surface area contributed by atoms with Crippen molar-refractivity contribution in [2.24, 2.45) is 0 Å². The molecule has 0 aliphatic heterocycles. The Morgan fingerprint density at radius 2 is 1.69 bits per heavy atom. The largest absolute Gasteiger partial charge is 0.362 e. The molecule has 0 fully saturated rings. The zero-order valence-electron chi connectivity index (χ0n) is 16.2. The van der Waals surface area contributed by atoms with Crippen LogP contribution in [-0.2, 0) is 0 Å². The van der Waals surface area contributed by atoms with Crippen molar-refractivity contribution in [1.82, 2.24) is 14.8 Å². The molecule has 0 unspecified atom stereocenters. The lowest BCUT2D eigenvalue weighted by Gasteiger charge is -2.23. The molecule has 2 aromatic heterocycles. The average Bonchev–Trinajstić information content (AvgIpc) is 3.08. The summed E-state index contributed by atoms with van der Waals surface area (Å²) in [6, 6.07) is 7.37. The molecule has 0 radical (unpaired) electrons. The molecule has 1 amide bonds. The smallest absolute Gasteiger partial charge is 0.257 e. The summed E-state index contributed by atoms with van der Waals surface area (Å²) in [4.78, 5) is 36.2. The van der Waals surface area contributed by atoms with E-state index < -0.39 is 0 Å². The third kappa shape index (κ3) is 4.68. The molecule has 0 saturated carbocycles. The van der Waals surface area contributed by atoms with E-state index in [1.165, 1.54) is 11.3 Å². The number of carbonyl (C=O) groups excluding carboxylic acids is 2. The highest BCUT2D eigenvalue weighted by Crippen LogP contribution is 2.30. The Hall–Kier alpha value is -2.25. The maximum absolute atomic E-state index is 12.8. The molecule has 0 bridgehead atoms. The highest BCUT2D eigenvalue weighted by Gasteiger charge is 2.20. The predicted octanol–water partition coefficient (Wildman–Crippen LogP) is 2.71. The maximum Gasteiger partial charge on any atom is 0.257 e. The van der Waals surface area contributed by atoms with Crippen LogP contribution < -0.4 is 4.90 Å². The fourth-order valence-electron chi connectivity index (χ4n) is 2.42. The van der Waals surface area contributed by atoms with Crippen LogP contribution in [0, 0.1) is 0 Å². The molecule has 0 spiro atoms. The molecule has 2 heterocycles. The number of aromatic nitrogens is 1. The molecule has 2 aromatic rings. The number of hydrogen-bond acceptors (Lipinski definition) is 6. The number of thiophene rings is 1. The molecule has 140 valence electrons. The van der Waals surface area contributed by atoms with Crippen molar-refractivity contribution in [1.29, 1.82) is 0 Å². The number of pyridine rings is 1. The van der Waals surface area contributed by atoms with Crippen molar-refractivity contribution >= 4 is 28.8 Å². The van der Waals surface area contributed by atoms with Gasteiger partial charge in [0.15, 0.2) is 5.78 Å². The van der Waals surface area contributed by atoms with Gasteiger partial charge in [-0.1, -0.05) is 0 Å². The first-order chi connectivity index (χ1) is 12.2. The average molecular weight is 375 g/mol. The lowest BCUT2D eigenvalue weighted by molar-refractivity contribution is 0.0786. The predicted molar refractivity (Wildman–Crippen MR) is 107 cm³/mol. The van der Waals surface area contributed by atoms with Gasteiger partial charge in [0.25, 0.3) is 5.91 Å². The van der Waals surface area contributed by atoms with Crippen molar-refractivity contribution in [3.63, 3.8) is 0 Å². The normalized spacial score (nSPS) is 10.9. The highest BCUT2D eigenvalue weighted by molar-refractivity contribution is 7.17. The number of nitrogens with zero attached hydrogens (tertiary/aromatic N) is 4. The zero-order chi connectivity index (χ0) is 19.4. The molecule has 26 heavy (non-hydrogen) atoms. The van der Waals surface area contributed by atoms with Crippen LogP contribution in [0.3, 0.4) is 0 Å². The number of hydrogen-bond donors (Lipinski definition) is 0. The van der Waals surface area contributed by atoms with Gasteiger partial charge in [0, 0.05) is 34.2 Å². The summed E-state index contributed by atoms with van der Waals surface area (Å²) in [5.41, 5.74) is 1.34. The summed E-state index contributed by atoms with van der Waals surface area (Å²) in [6.45, 7) is 3.00. The lowest BCUT2D eigenvalue weighted by atomic mass is 10.2. The highest BCUT2D eigenvalue weighted by atomic mass is 32.1. The molecule has 0 saturated heterocycles. The summed E-state index contributed by atoms with van der Waals surface area (Å²) in [6.07, 6.45) is 0. The van der Waals surface area contributed by atoms with E-state index in [1.807, 2.05) is 62.3 Å². The van der Waals surface area contributed by atoms with E-state index in [1.54, 1.807) is 18.9 Å². The Bertz CT molecular complexity index is 799. The van der Waals surface area contributed by atoms with E-state index in [0.717, 1.165) is 17.1 Å². The second kappa shape index (κ2) is 8.42. The second-order valence-electron chi connectivity index (χ2n) is 6.71. The summed E-state index contributed by atoms with van der Waals surface area (Å²) in [5, 5.41) is 0. The van der Waals surface area contributed by atoms with Crippen LogP contribution >= 0.6 is 11.3 Å². The molecule has 6 nitrogen and oxygen atoms in total. The van der Waals surface area contributed by atoms with Crippen LogP contribution in [0.2, 0.25) is 0 Å². The van der Waals surface area contributed by atoms with Gasteiger partial charge >= 0.3 is 0 Å². The van der Waals surface area contributed by atoms with E-state index in [4.69, 9.17) is 0 Å². The van der Waals surface area contributed by atoms with Crippen LogP contribution in [0.1, 0.15) is 27.0 Å². The Morgan fingerprint density at radius 3 is 2.23 bits per heavy atom. The number of anilines is 1. The number of Topliss-reactive ketones (excluding diaryl/α,β-unsaturated/α-hetero) is 1. The molecular weight excluding hydrogens is 348 g/mol. The van der Waals surface area contributed by atoms with Gasteiger partial charge in [-0.15, -0.1) is 11.3 Å². The quantitative estimate of drug-likeness (QED) is 0.698. The van der Waals surface area contributed by atoms with Crippen LogP contribution in [0.25, 0.3) is 10.6 Å². The van der Waals surface area contributed by atoms with Gasteiger partial charge in [-0.05, 0) is 45.3 Å². The Kier molecular flexibility index (Phi) is 6.50. The summed E-state index contributed by atoms with van der Waals surface area (Å²) in [5.74, 6) is 0.621. The van der Waals surface area contributed by atoms with Gasteiger partial charge in [-0.25, -0.2) is 4.98 Å². The van der Waals surface area contributed by atoms with Gasteiger partial charge < -0.3 is 14.7 Å². The fraction of sp³-hybridized carbons (Fsp3) is 0.421. The fourth-order valence-corrected chi connectivity index (χ4v) is 3.29. The first-order valence-corrected chi connectivity index (χ1v) is 9.22. The Morgan fingerprint density at radius 1 is 1.00 bits per heavy atom. The number of amides is 1. The Balaban J connectivity index is 2.33. The van der Waals surface area contributed by atoms with Crippen molar-refractivity contribution < 1.29 is 9.59 Å². The third-order valence-electron chi connectivity index (χ3n) is 3.96. The molecule has 7 heteroatoms. The van der Waals surface area contributed by atoms with Gasteiger partial charge in [0.05, 0.1) is 21.0 Å². The molecule has 0 N–H and O–H groups in total. The summed E-state index contributed by atoms with van der Waals surface area (Å²) in [7, 11) is 9.51. The zero-order valence-corrected chi connectivity index (χ0v) is 17.1. The van der Waals surface area contributed by atoms with Crippen LogP contribution in [0.5, 0.6) is 0 Å². The lowest BCUT2D eigenvalue weighted by Crippen LogP contribution is -2.34. The van der Waals surface area contributed by atoms with E-state index in [0.29, 0.717) is 22.8 Å². The van der Waals surface area contributed by atoms with E-state index >= 15 is 0 Å². The second-order valence-corrected chi connectivity index (χ2v) is 7.80. The molecule has 2 rings (SSSR count). The first kappa shape index (κ1) is 20.1. The number of ketones is 1. The first-order valence-electron chi connectivity index (χ1n) is 8.40. The minimum atomic E-state index is -0.0507. The van der Waals surface area contributed by atoms with Gasteiger partial charge in [0.2, 0.25) is 0 Å². The minimum Gasteiger partial charge on any atom is -0.362 e. The van der Waals surface area contributed by atoms with Crippen molar-refractivity contribution in [2.45, 2.75) is 6.92 Å². The molecule has 0 aliphatic carbocycles. The molecule has 0 atom stereocenters. The number of carbonyl (C=O) groups is 2.